The van der Waals surface area contributed by atoms with Crippen molar-refractivity contribution in [1.29, 1.82) is 0 Å². The van der Waals surface area contributed by atoms with Crippen LogP contribution in [0.15, 0.2) is 42.6 Å². The van der Waals surface area contributed by atoms with Crippen LogP contribution < -0.4 is 0 Å². The predicted molar refractivity (Wildman–Crippen MR) is 72.1 cm³/mol. The molecule has 0 bridgehead atoms. The van der Waals surface area contributed by atoms with Gasteiger partial charge in [0.1, 0.15) is 0 Å². The molecular formula is C14H16N2O3. The molecule has 0 radical (unpaired) electrons. The van der Waals surface area contributed by atoms with Crippen LogP contribution in [0.5, 0.6) is 0 Å². The zero-order valence-electron chi connectivity index (χ0n) is 10.7. The lowest BCUT2D eigenvalue weighted by atomic mass is 9.92. The van der Waals surface area contributed by atoms with Crippen LogP contribution in [0.3, 0.4) is 0 Å². The van der Waals surface area contributed by atoms with Gasteiger partial charge in [0.15, 0.2) is 0 Å². The fraction of sp³-hybridized carbons (Fsp3) is 0.286. The number of hydrogen-bond donors (Lipinski definition) is 1. The number of aryl methyl sites for hydroxylation is 1. The minimum atomic E-state index is -0.409. The fourth-order valence-electron chi connectivity index (χ4n) is 2.28. The zero-order valence-corrected chi connectivity index (χ0v) is 10.7. The number of aromatic nitrogens is 1. The second kappa shape index (κ2) is 5.67. The first-order valence-corrected chi connectivity index (χ1v) is 6.10. The summed E-state index contributed by atoms with van der Waals surface area (Å²) in [5.74, 6) is 0.0470. The Morgan fingerprint density at radius 1 is 1.32 bits per heavy atom. The van der Waals surface area contributed by atoms with Crippen LogP contribution in [0.4, 0.5) is 5.69 Å². The average molecular weight is 260 g/mol. The maximum atomic E-state index is 10.7. The topological polar surface area (TPSA) is 68.3 Å². The van der Waals surface area contributed by atoms with E-state index in [2.05, 4.69) is 0 Å². The van der Waals surface area contributed by atoms with Crippen molar-refractivity contribution < 1.29 is 10.0 Å². The monoisotopic (exact) mass is 260 g/mol. The molecule has 0 aliphatic rings. The highest BCUT2D eigenvalue weighted by atomic mass is 16.6. The van der Waals surface area contributed by atoms with Gasteiger partial charge in [0.2, 0.25) is 0 Å². The van der Waals surface area contributed by atoms with Gasteiger partial charge in [0.05, 0.1) is 4.92 Å². The molecular weight excluding hydrogens is 244 g/mol. The number of nitro groups is 1. The van der Waals surface area contributed by atoms with Crippen molar-refractivity contribution in [3.05, 3.63) is 64.0 Å². The Balaban J connectivity index is 2.34. The van der Waals surface area contributed by atoms with Gasteiger partial charge in [-0.05, 0) is 24.1 Å². The van der Waals surface area contributed by atoms with Crippen molar-refractivity contribution in [1.82, 2.24) is 4.57 Å². The molecule has 5 heteroatoms. The summed E-state index contributed by atoms with van der Waals surface area (Å²) in [6, 6.07) is 10.5. The SMILES string of the molecule is Cn1cccc1[C@@H](CCO)c1ccc([N+](=O)[O-])cc1. The van der Waals surface area contributed by atoms with Gasteiger partial charge in [-0.2, -0.15) is 0 Å². The number of nitro benzene ring substituents is 1. The standard InChI is InChI=1S/C14H16N2O3/c1-15-9-2-3-14(15)13(8-10-17)11-4-6-12(7-5-11)16(18)19/h2-7,9,13,17H,8,10H2,1H3/t13-/m0/s1. The molecule has 1 aromatic carbocycles. The summed E-state index contributed by atoms with van der Waals surface area (Å²) < 4.78 is 2.00. The van der Waals surface area contributed by atoms with Gasteiger partial charge in [0.25, 0.3) is 5.69 Å². The number of benzene rings is 1. The van der Waals surface area contributed by atoms with Crippen molar-refractivity contribution in [2.45, 2.75) is 12.3 Å². The lowest BCUT2D eigenvalue weighted by Gasteiger charge is -2.17. The largest absolute Gasteiger partial charge is 0.396 e. The number of aliphatic hydroxyl groups is 1. The fourth-order valence-corrected chi connectivity index (χ4v) is 2.28. The summed E-state index contributed by atoms with van der Waals surface area (Å²) in [4.78, 5) is 10.2. The molecule has 2 aromatic rings. The number of rotatable bonds is 5. The number of aliphatic hydroxyl groups excluding tert-OH is 1. The maximum Gasteiger partial charge on any atom is 0.269 e. The van der Waals surface area contributed by atoms with E-state index in [-0.39, 0.29) is 18.2 Å². The second-order valence-corrected chi connectivity index (χ2v) is 4.46. The minimum Gasteiger partial charge on any atom is -0.396 e. The van der Waals surface area contributed by atoms with Crippen molar-refractivity contribution in [2.24, 2.45) is 7.05 Å². The van der Waals surface area contributed by atoms with E-state index >= 15 is 0 Å². The third kappa shape index (κ3) is 2.82. The Bertz CT molecular complexity index is 560. The van der Waals surface area contributed by atoms with Gasteiger partial charge in [0, 0.05) is 43.6 Å². The molecule has 0 saturated carbocycles. The van der Waals surface area contributed by atoms with E-state index in [4.69, 9.17) is 0 Å². The van der Waals surface area contributed by atoms with E-state index in [9.17, 15) is 15.2 Å². The normalized spacial score (nSPS) is 12.3. The van der Waals surface area contributed by atoms with Gasteiger partial charge in [-0.25, -0.2) is 0 Å². The van der Waals surface area contributed by atoms with Gasteiger partial charge >= 0.3 is 0 Å². The highest BCUT2D eigenvalue weighted by Crippen LogP contribution is 2.29. The average Bonchev–Trinajstić information content (AvgIpc) is 2.82. The third-order valence-corrected chi connectivity index (χ3v) is 3.27. The van der Waals surface area contributed by atoms with Gasteiger partial charge in [-0.15, -0.1) is 0 Å². The number of nitrogens with zero attached hydrogens (tertiary/aromatic N) is 2. The molecule has 0 aliphatic carbocycles. The molecule has 100 valence electrons. The third-order valence-electron chi connectivity index (χ3n) is 3.27. The highest BCUT2D eigenvalue weighted by molar-refractivity contribution is 5.37. The lowest BCUT2D eigenvalue weighted by Crippen LogP contribution is -2.08. The number of non-ortho nitro benzene ring substituents is 1. The Morgan fingerprint density at radius 3 is 2.47 bits per heavy atom. The van der Waals surface area contributed by atoms with Crippen LogP contribution >= 0.6 is 0 Å². The second-order valence-electron chi connectivity index (χ2n) is 4.46. The van der Waals surface area contributed by atoms with Crippen LogP contribution in [-0.4, -0.2) is 21.2 Å². The van der Waals surface area contributed by atoms with Crippen molar-refractivity contribution in [2.75, 3.05) is 6.61 Å². The first-order valence-electron chi connectivity index (χ1n) is 6.10. The van der Waals surface area contributed by atoms with Crippen LogP contribution in [0.2, 0.25) is 0 Å². The van der Waals surface area contributed by atoms with Crippen molar-refractivity contribution >= 4 is 5.69 Å². The molecule has 0 unspecified atom stereocenters. The molecule has 0 spiro atoms. The molecule has 1 N–H and O–H groups in total. The summed E-state index contributed by atoms with van der Waals surface area (Å²) in [6.07, 6.45) is 2.54. The first-order chi connectivity index (χ1) is 9.13. The van der Waals surface area contributed by atoms with Crippen LogP contribution in [0.25, 0.3) is 0 Å². The van der Waals surface area contributed by atoms with E-state index in [1.165, 1.54) is 12.1 Å². The van der Waals surface area contributed by atoms with Gasteiger partial charge in [-0.3, -0.25) is 10.1 Å². The van der Waals surface area contributed by atoms with Crippen LogP contribution in [0, 0.1) is 10.1 Å². The molecule has 5 nitrogen and oxygen atoms in total. The Hall–Kier alpha value is -2.14. The molecule has 0 amide bonds. The summed E-state index contributed by atoms with van der Waals surface area (Å²) in [6.45, 7) is 0.0762. The number of hydrogen-bond acceptors (Lipinski definition) is 3. The van der Waals surface area contributed by atoms with E-state index in [1.807, 2.05) is 29.9 Å². The molecule has 0 fully saturated rings. The first kappa shape index (κ1) is 13.3. The highest BCUT2D eigenvalue weighted by Gasteiger charge is 2.17. The summed E-state index contributed by atoms with van der Waals surface area (Å²) in [7, 11) is 1.95. The molecule has 1 heterocycles. The van der Waals surface area contributed by atoms with E-state index in [1.54, 1.807) is 12.1 Å². The van der Waals surface area contributed by atoms with Gasteiger partial charge in [-0.1, -0.05) is 12.1 Å². The summed E-state index contributed by atoms with van der Waals surface area (Å²) in [5, 5.41) is 19.9. The zero-order chi connectivity index (χ0) is 13.8. The van der Waals surface area contributed by atoms with Crippen molar-refractivity contribution in [3.8, 4) is 0 Å². The van der Waals surface area contributed by atoms with Crippen LogP contribution in [0.1, 0.15) is 23.6 Å². The Labute approximate surface area is 111 Å². The smallest absolute Gasteiger partial charge is 0.269 e. The summed E-state index contributed by atoms with van der Waals surface area (Å²) >= 11 is 0. The quantitative estimate of drug-likeness (QED) is 0.663. The minimum absolute atomic E-state index is 0.0470. The van der Waals surface area contributed by atoms with E-state index in [0.717, 1.165) is 11.3 Å². The Kier molecular flexibility index (Phi) is 3.97. The molecule has 0 aliphatic heterocycles. The predicted octanol–water partition coefficient (Wildman–Crippen LogP) is 2.45. The lowest BCUT2D eigenvalue weighted by molar-refractivity contribution is -0.384. The van der Waals surface area contributed by atoms with Gasteiger partial charge < -0.3 is 9.67 Å². The van der Waals surface area contributed by atoms with E-state index < -0.39 is 4.92 Å². The molecule has 1 atom stereocenters. The molecule has 1 aromatic heterocycles. The summed E-state index contributed by atoms with van der Waals surface area (Å²) in [5.41, 5.74) is 2.14. The molecule has 19 heavy (non-hydrogen) atoms. The van der Waals surface area contributed by atoms with E-state index in [0.29, 0.717) is 6.42 Å². The molecule has 0 saturated heterocycles. The Morgan fingerprint density at radius 2 is 2.00 bits per heavy atom. The molecule has 2 rings (SSSR count). The maximum absolute atomic E-state index is 10.7. The van der Waals surface area contributed by atoms with Crippen molar-refractivity contribution in [3.63, 3.8) is 0 Å². The van der Waals surface area contributed by atoms with Crippen LogP contribution in [-0.2, 0) is 7.05 Å².